The molecule has 4 heteroatoms. The molecule has 1 aromatic carbocycles. The van der Waals surface area contributed by atoms with Crippen LogP contribution in [-0.2, 0) is 12.8 Å². The summed E-state index contributed by atoms with van der Waals surface area (Å²) in [6.45, 7) is 9.37. The lowest BCUT2D eigenvalue weighted by Gasteiger charge is -2.43. The number of piperidine rings is 1. The summed E-state index contributed by atoms with van der Waals surface area (Å²) in [5.41, 5.74) is 4.14. The molecule has 1 saturated heterocycles. The van der Waals surface area contributed by atoms with Crippen molar-refractivity contribution in [3.8, 4) is 0 Å². The Labute approximate surface area is 157 Å². The van der Waals surface area contributed by atoms with E-state index < -0.39 is 0 Å². The monoisotopic (exact) mass is 352 g/mol. The smallest absolute Gasteiger partial charge is 0.0925 e. The molecule has 0 spiro atoms. The van der Waals surface area contributed by atoms with E-state index in [-0.39, 0.29) is 0 Å². The van der Waals surface area contributed by atoms with Crippen molar-refractivity contribution in [1.29, 1.82) is 0 Å². The number of imidazole rings is 1. The van der Waals surface area contributed by atoms with Crippen molar-refractivity contribution in [3.05, 3.63) is 53.6 Å². The number of nitrogens with zero attached hydrogens (tertiary/aromatic N) is 3. The lowest BCUT2D eigenvalue weighted by molar-refractivity contribution is 0.0669. The number of fused-ring (bicyclic) bond motifs is 1. The van der Waals surface area contributed by atoms with Crippen LogP contribution >= 0.6 is 0 Å². The quantitative estimate of drug-likeness (QED) is 0.892. The van der Waals surface area contributed by atoms with Crippen LogP contribution in [0.1, 0.15) is 49.7 Å². The Hall–Kier alpha value is -1.65. The molecule has 0 radical (unpaired) electrons. The first-order chi connectivity index (χ1) is 12.7. The fraction of sp³-hybridized carbons (Fsp3) is 0.591. The van der Waals surface area contributed by atoms with Gasteiger partial charge in [0.15, 0.2) is 0 Å². The highest BCUT2D eigenvalue weighted by Gasteiger charge is 2.37. The molecule has 140 valence electrons. The van der Waals surface area contributed by atoms with Crippen LogP contribution < -0.4 is 0 Å². The molecule has 0 amide bonds. The molecule has 1 fully saturated rings. The van der Waals surface area contributed by atoms with E-state index in [0.29, 0.717) is 12.1 Å². The third-order valence-corrected chi connectivity index (χ3v) is 6.36. The second kappa shape index (κ2) is 7.93. The molecule has 2 aliphatic rings. The van der Waals surface area contributed by atoms with E-state index in [1.54, 1.807) is 0 Å². The number of H-pyrrole nitrogens is 1. The highest BCUT2D eigenvalue weighted by Crippen LogP contribution is 2.38. The summed E-state index contributed by atoms with van der Waals surface area (Å²) in [6, 6.07) is 12.1. The van der Waals surface area contributed by atoms with Gasteiger partial charge in [0, 0.05) is 31.2 Å². The van der Waals surface area contributed by atoms with E-state index in [1.165, 1.54) is 42.9 Å². The predicted octanol–water partition coefficient (Wildman–Crippen LogP) is 3.67. The maximum atomic E-state index is 4.76. The first kappa shape index (κ1) is 17.7. The first-order valence-electron chi connectivity index (χ1n) is 10.3. The van der Waals surface area contributed by atoms with Crippen molar-refractivity contribution >= 4 is 0 Å². The minimum atomic E-state index is 0.489. The molecule has 26 heavy (non-hydrogen) atoms. The molecule has 4 nitrogen and oxygen atoms in total. The molecule has 1 N–H and O–H groups in total. The SMILES string of the molecule is CC(C)N1CCC([C@H]2c3nc[nH]c3CCN2CCc2ccccc2)CC1. The van der Waals surface area contributed by atoms with Crippen LogP contribution in [0.4, 0.5) is 0 Å². The topological polar surface area (TPSA) is 35.2 Å². The number of benzene rings is 1. The van der Waals surface area contributed by atoms with E-state index in [4.69, 9.17) is 4.98 Å². The number of nitrogens with one attached hydrogen (secondary N) is 1. The molecule has 0 bridgehead atoms. The summed E-state index contributed by atoms with van der Waals surface area (Å²) in [5.74, 6) is 0.725. The van der Waals surface area contributed by atoms with Gasteiger partial charge in [0.1, 0.15) is 0 Å². The molecule has 2 aromatic rings. The number of likely N-dealkylation sites (tertiary alicyclic amines) is 1. The Balaban J connectivity index is 1.48. The Morgan fingerprint density at radius 2 is 1.88 bits per heavy atom. The van der Waals surface area contributed by atoms with Gasteiger partial charge in [0.25, 0.3) is 0 Å². The van der Waals surface area contributed by atoms with Gasteiger partial charge in [-0.2, -0.15) is 0 Å². The standard InChI is InChI=1S/C22H32N4/c1-17(2)25-13-9-19(10-14-25)22-21-20(23-16-24-21)11-15-26(22)12-8-18-6-4-3-5-7-18/h3-7,16-17,19,22H,8-15H2,1-2H3,(H,23,24)/t22-/m0/s1. The summed E-state index contributed by atoms with van der Waals surface area (Å²) in [4.78, 5) is 13.5. The van der Waals surface area contributed by atoms with Crippen LogP contribution in [0, 0.1) is 5.92 Å². The van der Waals surface area contributed by atoms with Crippen LogP contribution in [0.3, 0.4) is 0 Å². The van der Waals surface area contributed by atoms with Gasteiger partial charge in [-0.1, -0.05) is 30.3 Å². The minimum Gasteiger partial charge on any atom is -0.348 e. The lowest BCUT2D eigenvalue weighted by Crippen LogP contribution is -2.45. The number of rotatable bonds is 5. The fourth-order valence-corrected chi connectivity index (χ4v) is 4.80. The Morgan fingerprint density at radius 3 is 2.62 bits per heavy atom. The van der Waals surface area contributed by atoms with Crippen LogP contribution in [-0.4, -0.2) is 52.0 Å². The Morgan fingerprint density at radius 1 is 1.12 bits per heavy atom. The van der Waals surface area contributed by atoms with Crippen LogP contribution in [0.25, 0.3) is 0 Å². The van der Waals surface area contributed by atoms with Crippen molar-refractivity contribution in [2.45, 2.75) is 51.6 Å². The Bertz CT molecular complexity index is 685. The van der Waals surface area contributed by atoms with Gasteiger partial charge in [-0.3, -0.25) is 4.90 Å². The summed E-state index contributed by atoms with van der Waals surface area (Å²) >= 11 is 0. The van der Waals surface area contributed by atoms with Crippen molar-refractivity contribution in [2.75, 3.05) is 26.2 Å². The highest BCUT2D eigenvalue weighted by molar-refractivity contribution is 5.21. The summed E-state index contributed by atoms with van der Waals surface area (Å²) in [5, 5.41) is 0. The molecular formula is C22H32N4. The largest absolute Gasteiger partial charge is 0.348 e. The molecule has 0 saturated carbocycles. The molecule has 0 unspecified atom stereocenters. The van der Waals surface area contributed by atoms with Gasteiger partial charge >= 0.3 is 0 Å². The van der Waals surface area contributed by atoms with Crippen LogP contribution in [0.2, 0.25) is 0 Å². The van der Waals surface area contributed by atoms with Gasteiger partial charge in [-0.15, -0.1) is 0 Å². The maximum absolute atomic E-state index is 4.76. The third kappa shape index (κ3) is 3.72. The van der Waals surface area contributed by atoms with Gasteiger partial charge in [0.2, 0.25) is 0 Å². The van der Waals surface area contributed by atoms with Gasteiger partial charge in [-0.25, -0.2) is 4.98 Å². The van der Waals surface area contributed by atoms with Crippen molar-refractivity contribution in [1.82, 2.24) is 19.8 Å². The predicted molar refractivity (Wildman–Crippen MR) is 106 cm³/mol. The number of hydrogen-bond donors (Lipinski definition) is 1. The molecule has 2 aliphatic heterocycles. The van der Waals surface area contributed by atoms with Crippen LogP contribution in [0.5, 0.6) is 0 Å². The van der Waals surface area contributed by atoms with Gasteiger partial charge < -0.3 is 9.88 Å². The lowest BCUT2D eigenvalue weighted by atomic mass is 9.83. The van der Waals surface area contributed by atoms with Crippen molar-refractivity contribution in [3.63, 3.8) is 0 Å². The van der Waals surface area contributed by atoms with Gasteiger partial charge in [0.05, 0.1) is 18.1 Å². The number of aromatic amines is 1. The van der Waals surface area contributed by atoms with E-state index in [9.17, 15) is 0 Å². The maximum Gasteiger partial charge on any atom is 0.0925 e. The third-order valence-electron chi connectivity index (χ3n) is 6.36. The van der Waals surface area contributed by atoms with Crippen molar-refractivity contribution < 1.29 is 0 Å². The zero-order valence-corrected chi connectivity index (χ0v) is 16.2. The van der Waals surface area contributed by atoms with Crippen molar-refractivity contribution in [2.24, 2.45) is 5.92 Å². The fourth-order valence-electron chi connectivity index (χ4n) is 4.80. The van der Waals surface area contributed by atoms with E-state index in [2.05, 4.69) is 59.0 Å². The summed E-state index contributed by atoms with van der Waals surface area (Å²) < 4.78 is 0. The number of hydrogen-bond acceptors (Lipinski definition) is 3. The van der Waals surface area contributed by atoms with Crippen LogP contribution in [0.15, 0.2) is 36.7 Å². The Kier molecular flexibility index (Phi) is 5.41. The average molecular weight is 353 g/mol. The second-order valence-corrected chi connectivity index (χ2v) is 8.20. The summed E-state index contributed by atoms with van der Waals surface area (Å²) in [6.07, 6.45) is 6.71. The number of aromatic nitrogens is 2. The van der Waals surface area contributed by atoms with E-state index in [1.807, 2.05) is 6.33 Å². The minimum absolute atomic E-state index is 0.489. The highest BCUT2D eigenvalue weighted by atomic mass is 15.2. The average Bonchev–Trinajstić information content (AvgIpc) is 3.15. The zero-order chi connectivity index (χ0) is 17.9. The normalized spacial score (nSPS) is 22.7. The molecule has 1 aromatic heterocycles. The second-order valence-electron chi connectivity index (χ2n) is 8.20. The van der Waals surface area contributed by atoms with E-state index in [0.717, 1.165) is 31.8 Å². The van der Waals surface area contributed by atoms with E-state index >= 15 is 0 Å². The molecule has 4 rings (SSSR count). The molecule has 0 aliphatic carbocycles. The van der Waals surface area contributed by atoms with Gasteiger partial charge in [-0.05, 0) is 57.7 Å². The molecule has 1 atom stereocenters. The molecular weight excluding hydrogens is 320 g/mol. The zero-order valence-electron chi connectivity index (χ0n) is 16.2. The first-order valence-corrected chi connectivity index (χ1v) is 10.3. The summed E-state index contributed by atoms with van der Waals surface area (Å²) in [7, 11) is 0. The molecule has 3 heterocycles.